The molecule has 0 bridgehead atoms. The van der Waals surface area contributed by atoms with Gasteiger partial charge in [0.05, 0.1) is 11.0 Å². The molecule has 2 fully saturated rings. The maximum absolute atomic E-state index is 12.3. The standard InChI is InChI=1S/C17H21N3O2/c1-11-10-13(11)16(21)19-8-6-12(7-9-19)20-15-5-3-2-4-14(15)18-17(20)22/h2-5,11-13H,6-10H2,1H3,(H,18,22)/t11-,13-/m0/s1. The number of nitrogens with zero attached hydrogens (tertiary/aromatic N) is 2. The number of carbonyl (C=O) groups is 1. The summed E-state index contributed by atoms with van der Waals surface area (Å²) in [7, 11) is 0. The number of amides is 1. The summed E-state index contributed by atoms with van der Waals surface area (Å²) in [5.41, 5.74) is 1.81. The Morgan fingerprint density at radius 2 is 1.91 bits per heavy atom. The van der Waals surface area contributed by atoms with Crippen molar-refractivity contribution in [2.75, 3.05) is 13.1 Å². The number of benzene rings is 1. The van der Waals surface area contributed by atoms with Crippen LogP contribution >= 0.6 is 0 Å². The summed E-state index contributed by atoms with van der Waals surface area (Å²) in [5.74, 6) is 1.13. The zero-order chi connectivity index (χ0) is 15.3. The maximum atomic E-state index is 12.3. The molecule has 2 aromatic rings. The Morgan fingerprint density at radius 3 is 2.59 bits per heavy atom. The summed E-state index contributed by atoms with van der Waals surface area (Å²) < 4.78 is 1.87. The van der Waals surface area contributed by atoms with Crippen molar-refractivity contribution >= 4 is 16.9 Å². The fraction of sp³-hybridized carbons (Fsp3) is 0.529. The van der Waals surface area contributed by atoms with Crippen molar-refractivity contribution < 1.29 is 4.79 Å². The number of likely N-dealkylation sites (tertiary alicyclic amines) is 1. The van der Waals surface area contributed by atoms with Gasteiger partial charge in [0, 0.05) is 25.0 Å². The molecule has 2 heterocycles. The topological polar surface area (TPSA) is 58.1 Å². The SMILES string of the molecule is C[C@H]1C[C@@H]1C(=O)N1CCC(n2c(=O)[nH]c3ccccc32)CC1. The number of carbonyl (C=O) groups excluding carboxylic acids is 1. The van der Waals surface area contributed by atoms with Crippen molar-refractivity contribution in [1.82, 2.24) is 14.5 Å². The fourth-order valence-corrected chi connectivity index (χ4v) is 3.68. The fourth-order valence-electron chi connectivity index (χ4n) is 3.68. The molecule has 2 atom stereocenters. The minimum Gasteiger partial charge on any atom is -0.342 e. The van der Waals surface area contributed by atoms with Crippen LogP contribution in [0, 0.1) is 11.8 Å². The third-order valence-corrected chi connectivity index (χ3v) is 5.19. The molecule has 1 N–H and O–H groups in total. The van der Waals surface area contributed by atoms with Gasteiger partial charge in [-0.3, -0.25) is 9.36 Å². The number of hydrogen-bond donors (Lipinski definition) is 1. The quantitative estimate of drug-likeness (QED) is 0.923. The van der Waals surface area contributed by atoms with E-state index in [-0.39, 0.29) is 17.6 Å². The van der Waals surface area contributed by atoms with Crippen LogP contribution in [0.25, 0.3) is 11.0 Å². The summed E-state index contributed by atoms with van der Waals surface area (Å²) in [6.45, 7) is 3.66. The monoisotopic (exact) mass is 299 g/mol. The Bertz CT molecular complexity index is 768. The first-order chi connectivity index (χ1) is 10.6. The molecule has 5 heteroatoms. The first-order valence-corrected chi connectivity index (χ1v) is 8.13. The number of imidazole rings is 1. The van der Waals surface area contributed by atoms with E-state index in [1.807, 2.05) is 33.7 Å². The molecule has 22 heavy (non-hydrogen) atoms. The second kappa shape index (κ2) is 5.00. The number of aromatic amines is 1. The Labute approximate surface area is 128 Å². The Balaban J connectivity index is 1.52. The van der Waals surface area contributed by atoms with Gasteiger partial charge in [-0.05, 0) is 37.3 Å². The van der Waals surface area contributed by atoms with E-state index in [0.717, 1.165) is 43.4 Å². The molecule has 2 aliphatic rings. The van der Waals surface area contributed by atoms with Gasteiger partial charge in [-0.25, -0.2) is 4.79 Å². The third-order valence-electron chi connectivity index (χ3n) is 5.19. The van der Waals surface area contributed by atoms with E-state index >= 15 is 0 Å². The highest BCUT2D eigenvalue weighted by molar-refractivity contribution is 5.81. The largest absolute Gasteiger partial charge is 0.342 e. The van der Waals surface area contributed by atoms with Crippen molar-refractivity contribution in [3.8, 4) is 0 Å². The van der Waals surface area contributed by atoms with E-state index in [4.69, 9.17) is 0 Å². The van der Waals surface area contributed by atoms with Gasteiger partial charge in [0.2, 0.25) is 5.91 Å². The van der Waals surface area contributed by atoms with Gasteiger partial charge in [-0.2, -0.15) is 0 Å². The third kappa shape index (κ3) is 2.16. The Kier molecular flexibility index (Phi) is 3.10. The van der Waals surface area contributed by atoms with E-state index in [0.29, 0.717) is 11.8 Å². The minimum absolute atomic E-state index is 0.0400. The van der Waals surface area contributed by atoms with E-state index in [9.17, 15) is 9.59 Å². The zero-order valence-electron chi connectivity index (χ0n) is 12.8. The highest BCUT2D eigenvalue weighted by Crippen LogP contribution is 2.40. The molecule has 1 aliphatic carbocycles. The molecule has 5 nitrogen and oxygen atoms in total. The highest BCUT2D eigenvalue weighted by Gasteiger charge is 2.42. The van der Waals surface area contributed by atoms with Gasteiger partial charge in [-0.15, -0.1) is 0 Å². The molecular formula is C17H21N3O2. The van der Waals surface area contributed by atoms with Crippen LogP contribution < -0.4 is 5.69 Å². The number of H-pyrrole nitrogens is 1. The number of rotatable bonds is 2. The van der Waals surface area contributed by atoms with Gasteiger partial charge in [-0.1, -0.05) is 19.1 Å². The molecule has 1 aromatic heterocycles. The van der Waals surface area contributed by atoms with Crippen molar-refractivity contribution in [2.24, 2.45) is 11.8 Å². The number of hydrogen-bond acceptors (Lipinski definition) is 2. The molecule has 1 aliphatic heterocycles. The van der Waals surface area contributed by atoms with Crippen molar-refractivity contribution in [3.05, 3.63) is 34.7 Å². The van der Waals surface area contributed by atoms with Crippen LogP contribution in [0.5, 0.6) is 0 Å². The number of nitrogens with one attached hydrogen (secondary N) is 1. The summed E-state index contributed by atoms with van der Waals surface area (Å²) in [6, 6.07) is 7.99. The second-order valence-corrected chi connectivity index (χ2v) is 6.69. The predicted molar refractivity (Wildman–Crippen MR) is 84.7 cm³/mol. The molecular weight excluding hydrogens is 278 g/mol. The number of fused-ring (bicyclic) bond motifs is 1. The molecule has 0 radical (unpaired) electrons. The maximum Gasteiger partial charge on any atom is 0.326 e. The van der Waals surface area contributed by atoms with Gasteiger partial charge < -0.3 is 9.88 Å². The molecule has 116 valence electrons. The van der Waals surface area contributed by atoms with Crippen LogP contribution in [0.2, 0.25) is 0 Å². The summed E-state index contributed by atoms with van der Waals surface area (Å²) in [5, 5.41) is 0. The van der Waals surface area contributed by atoms with Gasteiger partial charge in [0.1, 0.15) is 0 Å². The van der Waals surface area contributed by atoms with Crippen LogP contribution in [0.4, 0.5) is 0 Å². The molecule has 0 spiro atoms. The van der Waals surface area contributed by atoms with E-state index < -0.39 is 0 Å². The van der Waals surface area contributed by atoms with Gasteiger partial charge >= 0.3 is 5.69 Å². The van der Waals surface area contributed by atoms with Crippen LogP contribution in [0.3, 0.4) is 0 Å². The van der Waals surface area contributed by atoms with Crippen LogP contribution in [-0.4, -0.2) is 33.4 Å². The van der Waals surface area contributed by atoms with Crippen LogP contribution in [0.1, 0.15) is 32.2 Å². The second-order valence-electron chi connectivity index (χ2n) is 6.69. The lowest BCUT2D eigenvalue weighted by atomic mass is 10.0. The number of para-hydroxylation sites is 2. The molecule has 0 unspecified atom stereocenters. The van der Waals surface area contributed by atoms with Gasteiger partial charge in [0.25, 0.3) is 0 Å². The Hall–Kier alpha value is -2.04. The number of aromatic nitrogens is 2. The smallest absolute Gasteiger partial charge is 0.326 e. The first-order valence-electron chi connectivity index (χ1n) is 8.13. The normalized spacial score (nSPS) is 25.6. The first kappa shape index (κ1) is 13.6. The van der Waals surface area contributed by atoms with Crippen molar-refractivity contribution in [1.29, 1.82) is 0 Å². The molecule has 1 saturated heterocycles. The minimum atomic E-state index is -0.0400. The van der Waals surface area contributed by atoms with E-state index in [2.05, 4.69) is 11.9 Å². The molecule has 1 aromatic carbocycles. The average molecular weight is 299 g/mol. The summed E-state index contributed by atoms with van der Waals surface area (Å²) >= 11 is 0. The van der Waals surface area contributed by atoms with E-state index in [1.165, 1.54) is 0 Å². The highest BCUT2D eigenvalue weighted by atomic mass is 16.2. The lowest BCUT2D eigenvalue weighted by Crippen LogP contribution is -2.41. The van der Waals surface area contributed by atoms with Gasteiger partial charge in [0.15, 0.2) is 0 Å². The summed E-state index contributed by atoms with van der Waals surface area (Å²) in [4.78, 5) is 29.4. The van der Waals surface area contributed by atoms with Crippen LogP contribution in [0.15, 0.2) is 29.1 Å². The van der Waals surface area contributed by atoms with Crippen molar-refractivity contribution in [2.45, 2.75) is 32.2 Å². The van der Waals surface area contributed by atoms with Crippen molar-refractivity contribution in [3.63, 3.8) is 0 Å². The van der Waals surface area contributed by atoms with Crippen LogP contribution in [-0.2, 0) is 4.79 Å². The average Bonchev–Trinajstić information content (AvgIpc) is 3.16. The van der Waals surface area contributed by atoms with E-state index in [1.54, 1.807) is 0 Å². The lowest BCUT2D eigenvalue weighted by molar-refractivity contribution is -0.134. The lowest BCUT2D eigenvalue weighted by Gasteiger charge is -2.32. The molecule has 1 saturated carbocycles. The molecule has 1 amide bonds. The Morgan fingerprint density at radius 1 is 1.23 bits per heavy atom. The number of piperidine rings is 1. The zero-order valence-corrected chi connectivity index (χ0v) is 12.8. The summed E-state index contributed by atoms with van der Waals surface area (Å²) in [6.07, 6.45) is 2.75. The molecule has 4 rings (SSSR count). The predicted octanol–water partition coefficient (Wildman–Crippen LogP) is 2.15.